The fourth-order valence-corrected chi connectivity index (χ4v) is 2.30. The van der Waals surface area contributed by atoms with E-state index in [9.17, 15) is 0 Å². The lowest BCUT2D eigenvalue weighted by atomic mass is 10.1. The first-order chi connectivity index (χ1) is 7.59. The summed E-state index contributed by atoms with van der Waals surface area (Å²) in [6.45, 7) is 12.5. The third-order valence-electron chi connectivity index (χ3n) is 3.49. The lowest BCUT2D eigenvalue weighted by molar-refractivity contribution is -0.000759. The van der Waals surface area contributed by atoms with Gasteiger partial charge in [0, 0.05) is 25.7 Å². The van der Waals surface area contributed by atoms with E-state index in [-0.39, 0.29) is 0 Å². The van der Waals surface area contributed by atoms with Gasteiger partial charge in [0.1, 0.15) is 0 Å². The van der Waals surface area contributed by atoms with Crippen LogP contribution in [0.15, 0.2) is 0 Å². The predicted molar refractivity (Wildman–Crippen MR) is 69.8 cm³/mol. The van der Waals surface area contributed by atoms with Crippen molar-refractivity contribution in [1.29, 1.82) is 0 Å². The van der Waals surface area contributed by atoms with E-state index in [1.165, 1.54) is 38.8 Å². The third-order valence-corrected chi connectivity index (χ3v) is 3.49. The van der Waals surface area contributed by atoms with E-state index in [0.717, 1.165) is 12.5 Å². The number of rotatable bonds is 6. The molecule has 1 aliphatic rings. The van der Waals surface area contributed by atoms with Gasteiger partial charge in [0.15, 0.2) is 0 Å². The van der Waals surface area contributed by atoms with Gasteiger partial charge in [0.25, 0.3) is 0 Å². The topological polar surface area (TPSA) is 12.5 Å². The molecule has 0 aromatic rings. The molecule has 0 aromatic heterocycles. The molecule has 0 aromatic carbocycles. The second kappa shape index (κ2) is 7.29. The SMILES string of the molecule is CC(C)CCCOC1CCN(C(C)C)CC1. The molecular formula is C14H29NO. The zero-order chi connectivity index (χ0) is 12.0. The second-order valence-electron chi connectivity index (χ2n) is 5.74. The zero-order valence-corrected chi connectivity index (χ0v) is 11.5. The largest absolute Gasteiger partial charge is 0.378 e. The highest BCUT2D eigenvalue weighted by atomic mass is 16.5. The summed E-state index contributed by atoms with van der Waals surface area (Å²) in [4.78, 5) is 2.55. The summed E-state index contributed by atoms with van der Waals surface area (Å²) in [5.41, 5.74) is 0. The van der Waals surface area contributed by atoms with Gasteiger partial charge in [0.05, 0.1) is 6.10 Å². The summed E-state index contributed by atoms with van der Waals surface area (Å²) in [5, 5.41) is 0. The van der Waals surface area contributed by atoms with Gasteiger partial charge < -0.3 is 9.64 Å². The highest BCUT2D eigenvalue weighted by molar-refractivity contribution is 4.74. The first-order valence-corrected chi connectivity index (χ1v) is 6.95. The van der Waals surface area contributed by atoms with Crippen molar-refractivity contribution in [2.24, 2.45) is 5.92 Å². The van der Waals surface area contributed by atoms with E-state index in [0.29, 0.717) is 12.1 Å². The van der Waals surface area contributed by atoms with Crippen molar-refractivity contribution >= 4 is 0 Å². The number of nitrogens with zero attached hydrogens (tertiary/aromatic N) is 1. The third kappa shape index (κ3) is 5.31. The van der Waals surface area contributed by atoms with Gasteiger partial charge in [0.2, 0.25) is 0 Å². The van der Waals surface area contributed by atoms with E-state index in [1.54, 1.807) is 0 Å². The van der Waals surface area contributed by atoms with E-state index >= 15 is 0 Å². The maximum absolute atomic E-state index is 5.93. The average Bonchev–Trinajstić information content (AvgIpc) is 2.25. The van der Waals surface area contributed by atoms with Crippen molar-refractivity contribution in [3.8, 4) is 0 Å². The van der Waals surface area contributed by atoms with Crippen LogP contribution in [0.5, 0.6) is 0 Å². The molecule has 16 heavy (non-hydrogen) atoms. The van der Waals surface area contributed by atoms with Crippen molar-refractivity contribution in [2.45, 2.75) is 65.5 Å². The van der Waals surface area contributed by atoms with Gasteiger partial charge in [-0.2, -0.15) is 0 Å². The molecule has 0 atom stereocenters. The van der Waals surface area contributed by atoms with Crippen molar-refractivity contribution in [1.82, 2.24) is 4.90 Å². The highest BCUT2D eigenvalue weighted by Crippen LogP contribution is 2.16. The van der Waals surface area contributed by atoms with Crippen LogP contribution in [0.25, 0.3) is 0 Å². The zero-order valence-electron chi connectivity index (χ0n) is 11.5. The molecule has 0 radical (unpaired) electrons. The molecule has 0 saturated carbocycles. The number of hydrogen-bond acceptors (Lipinski definition) is 2. The van der Waals surface area contributed by atoms with Crippen LogP contribution in [0.4, 0.5) is 0 Å². The molecular weight excluding hydrogens is 198 g/mol. The Morgan fingerprint density at radius 3 is 2.25 bits per heavy atom. The van der Waals surface area contributed by atoms with Crippen molar-refractivity contribution in [3.05, 3.63) is 0 Å². The molecule has 0 bridgehead atoms. The number of piperidine rings is 1. The summed E-state index contributed by atoms with van der Waals surface area (Å²) in [6.07, 6.45) is 5.49. The number of likely N-dealkylation sites (tertiary alicyclic amines) is 1. The molecule has 0 amide bonds. The van der Waals surface area contributed by atoms with E-state index in [1.807, 2.05) is 0 Å². The molecule has 0 N–H and O–H groups in total. The smallest absolute Gasteiger partial charge is 0.0599 e. The average molecular weight is 227 g/mol. The van der Waals surface area contributed by atoms with E-state index in [2.05, 4.69) is 32.6 Å². The van der Waals surface area contributed by atoms with Crippen molar-refractivity contribution in [3.63, 3.8) is 0 Å². The molecule has 1 rings (SSSR count). The first kappa shape index (κ1) is 14.0. The van der Waals surface area contributed by atoms with Gasteiger partial charge in [-0.25, -0.2) is 0 Å². The van der Waals surface area contributed by atoms with E-state index < -0.39 is 0 Å². The van der Waals surface area contributed by atoms with Crippen LogP contribution < -0.4 is 0 Å². The Labute approximate surface area is 101 Å². The van der Waals surface area contributed by atoms with Crippen LogP contribution in [0, 0.1) is 5.92 Å². The lowest BCUT2D eigenvalue weighted by Gasteiger charge is -2.34. The summed E-state index contributed by atoms with van der Waals surface area (Å²) in [7, 11) is 0. The Morgan fingerprint density at radius 2 is 1.75 bits per heavy atom. The molecule has 1 saturated heterocycles. The Hall–Kier alpha value is -0.0800. The van der Waals surface area contributed by atoms with Crippen LogP contribution in [0.1, 0.15) is 53.4 Å². The van der Waals surface area contributed by atoms with Gasteiger partial charge in [-0.3, -0.25) is 0 Å². The van der Waals surface area contributed by atoms with Crippen LogP contribution in [-0.4, -0.2) is 36.7 Å². The maximum atomic E-state index is 5.93. The Morgan fingerprint density at radius 1 is 1.12 bits per heavy atom. The van der Waals surface area contributed by atoms with Crippen molar-refractivity contribution < 1.29 is 4.74 Å². The number of hydrogen-bond donors (Lipinski definition) is 0. The van der Waals surface area contributed by atoms with Crippen LogP contribution >= 0.6 is 0 Å². The van der Waals surface area contributed by atoms with Gasteiger partial charge >= 0.3 is 0 Å². The van der Waals surface area contributed by atoms with Crippen LogP contribution in [0.2, 0.25) is 0 Å². The van der Waals surface area contributed by atoms with Crippen LogP contribution in [-0.2, 0) is 4.74 Å². The predicted octanol–water partition coefficient (Wildman–Crippen LogP) is 3.31. The normalized spacial score (nSPS) is 19.9. The molecule has 2 heteroatoms. The first-order valence-electron chi connectivity index (χ1n) is 6.95. The summed E-state index contributed by atoms with van der Waals surface area (Å²) in [6, 6.07) is 0.696. The van der Waals surface area contributed by atoms with Gasteiger partial charge in [-0.15, -0.1) is 0 Å². The van der Waals surface area contributed by atoms with Crippen LogP contribution in [0.3, 0.4) is 0 Å². The molecule has 96 valence electrons. The highest BCUT2D eigenvalue weighted by Gasteiger charge is 2.20. The molecule has 1 aliphatic heterocycles. The Kier molecular flexibility index (Phi) is 6.37. The minimum absolute atomic E-state index is 0.530. The molecule has 2 nitrogen and oxygen atoms in total. The Balaban J connectivity index is 2.04. The quantitative estimate of drug-likeness (QED) is 0.645. The minimum Gasteiger partial charge on any atom is -0.378 e. The number of ether oxygens (including phenoxy) is 1. The molecule has 1 fully saturated rings. The second-order valence-corrected chi connectivity index (χ2v) is 5.74. The van der Waals surface area contributed by atoms with Gasteiger partial charge in [-0.1, -0.05) is 13.8 Å². The summed E-state index contributed by atoms with van der Waals surface area (Å²) < 4.78 is 5.93. The molecule has 1 heterocycles. The fraction of sp³-hybridized carbons (Fsp3) is 1.00. The van der Waals surface area contributed by atoms with Gasteiger partial charge in [-0.05, 0) is 45.4 Å². The molecule has 0 unspecified atom stereocenters. The summed E-state index contributed by atoms with van der Waals surface area (Å²) >= 11 is 0. The standard InChI is InChI=1S/C14H29NO/c1-12(2)6-5-11-16-14-7-9-15(10-8-14)13(3)4/h12-14H,5-11H2,1-4H3. The fourth-order valence-electron chi connectivity index (χ4n) is 2.30. The van der Waals surface area contributed by atoms with Crippen molar-refractivity contribution in [2.75, 3.05) is 19.7 Å². The minimum atomic E-state index is 0.530. The monoisotopic (exact) mass is 227 g/mol. The molecule has 0 spiro atoms. The molecule has 0 aliphatic carbocycles. The maximum Gasteiger partial charge on any atom is 0.0599 e. The lowest BCUT2D eigenvalue weighted by Crippen LogP contribution is -2.40. The van der Waals surface area contributed by atoms with E-state index in [4.69, 9.17) is 4.74 Å². The summed E-state index contributed by atoms with van der Waals surface area (Å²) in [5.74, 6) is 0.811. The Bertz CT molecular complexity index is 172.